The number of benzene rings is 1. The molecule has 1 aromatic rings. The fraction of sp³-hybridized carbons (Fsp3) is 0.273. The zero-order valence-electron chi connectivity index (χ0n) is 8.07. The predicted molar refractivity (Wildman–Crippen MR) is 53.1 cm³/mol. The van der Waals surface area contributed by atoms with Gasteiger partial charge in [0.1, 0.15) is 12.0 Å². The molecule has 0 saturated heterocycles. The molecule has 0 amide bonds. The van der Waals surface area contributed by atoms with Crippen molar-refractivity contribution >= 4 is 0 Å². The molecule has 0 bridgehead atoms. The van der Waals surface area contributed by atoms with E-state index in [-0.39, 0.29) is 0 Å². The second kappa shape index (κ2) is 3.35. The Morgan fingerprint density at radius 2 is 2.00 bits per heavy atom. The van der Waals surface area contributed by atoms with Crippen LogP contribution in [0.25, 0.3) is 0 Å². The minimum absolute atomic E-state index is 0.364. The molecule has 74 valence electrons. The van der Waals surface area contributed by atoms with E-state index in [1.807, 2.05) is 37.3 Å². The Morgan fingerprint density at radius 1 is 1.29 bits per heavy atom. The monoisotopic (exact) mass is 191 g/mol. The summed E-state index contributed by atoms with van der Waals surface area (Å²) in [6.45, 7) is 2.24. The molecule has 0 saturated carbocycles. The summed E-state index contributed by atoms with van der Waals surface area (Å²) < 4.78 is 11.1. The second-order valence-corrected chi connectivity index (χ2v) is 3.32. The van der Waals surface area contributed by atoms with Gasteiger partial charge in [-0.05, 0) is 0 Å². The highest BCUT2D eigenvalue weighted by Gasteiger charge is 2.34. The molecule has 0 fully saturated rings. The van der Waals surface area contributed by atoms with Crippen LogP contribution in [0.15, 0.2) is 42.4 Å². The molecule has 0 radical (unpaired) electrons. The smallest absolute Gasteiger partial charge is 0.274 e. The van der Waals surface area contributed by atoms with Gasteiger partial charge in [0.05, 0.1) is 6.54 Å². The van der Waals surface area contributed by atoms with Gasteiger partial charge >= 0.3 is 0 Å². The Balaban J connectivity index is 2.21. The van der Waals surface area contributed by atoms with Crippen LogP contribution in [-0.4, -0.2) is 6.54 Å². The van der Waals surface area contributed by atoms with Crippen LogP contribution in [-0.2, 0) is 15.3 Å². The van der Waals surface area contributed by atoms with E-state index in [2.05, 4.69) is 0 Å². The molecule has 1 atom stereocenters. The van der Waals surface area contributed by atoms with E-state index in [1.165, 1.54) is 0 Å². The van der Waals surface area contributed by atoms with Crippen molar-refractivity contribution in [1.29, 1.82) is 0 Å². The Kier molecular flexibility index (Phi) is 2.17. The van der Waals surface area contributed by atoms with Crippen LogP contribution < -0.4 is 5.73 Å². The Bertz CT molecular complexity index is 348. The van der Waals surface area contributed by atoms with E-state index < -0.39 is 5.79 Å². The number of hydrogen-bond acceptors (Lipinski definition) is 3. The van der Waals surface area contributed by atoms with Crippen LogP contribution in [0.3, 0.4) is 0 Å². The largest absolute Gasteiger partial charge is 0.453 e. The third kappa shape index (κ3) is 1.46. The van der Waals surface area contributed by atoms with E-state index in [1.54, 1.807) is 6.26 Å². The highest BCUT2D eigenvalue weighted by Crippen LogP contribution is 2.34. The summed E-state index contributed by atoms with van der Waals surface area (Å²) in [6, 6.07) is 9.79. The molecule has 3 heteroatoms. The minimum Gasteiger partial charge on any atom is -0.453 e. The number of ether oxygens (including phenoxy) is 2. The van der Waals surface area contributed by atoms with Crippen molar-refractivity contribution in [2.24, 2.45) is 5.73 Å². The fourth-order valence-corrected chi connectivity index (χ4v) is 1.43. The van der Waals surface area contributed by atoms with Crippen molar-refractivity contribution in [2.45, 2.75) is 12.7 Å². The van der Waals surface area contributed by atoms with E-state index in [4.69, 9.17) is 15.2 Å². The molecule has 1 heterocycles. The van der Waals surface area contributed by atoms with Crippen molar-refractivity contribution in [2.75, 3.05) is 6.54 Å². The van der Waals surface area contributed by atoms with E-state index in [9.17, 15) is 0 Å². The van der Waals surface area contributed by atoms with Crippen molar-refractivity contribution in [3.05, 3.63) is 47.9 Å². The molecule has 1 aliphatic rings. The minimum atomic E-state index is -0.712. The Labute approximate surface area is 83.1 Å². The van der Waals surface area contributed by atoms with Gasteiger partial charge in [0.25, 0.3) is 5.79 Å². The second-order valence-electron chi connectivity index (χ2n) is 3.32. The molecule has 2 rings (SSSR count). The maximum Gasteiger partial charge on any atom is 0.274 e. The standard InChI is InChI=1S/C11H13NO2/c1-11(9-5-3-2-4-6-9)13-8-10(7-12)14-11/h2-6,8H,7,12H2,1H3. The van der Waals surface area contributed by atoms with Crippen LogP contribution in [0.1, 0.15) is 12.5 Å². The highest BCUT2D eigenvalue weighted by atomic mass is 16.7. The molecule has 1 aliphatic heterocycles. The Morgan fingerprint density at radius 3 is 2.57 bits per heavy atom. The van der Waals surface area contributed by atoms with Gasteiger partial charge in [-0.15, -0.1) is 0 Å². The summed E-state index contributed by atoms with van der Waals surface area (Å²) in [5.74, 6) is -0.0352. The van der Waals surface area contributed by atoms with Crippen LogP contribution in [0.5, 0.6) is 0 Å². The molecule has 14 heavy (non-hydrogen) atoms. The predicted octanol–water partition coefficient (Wildman–Crippen LogP) is 1.71. The lowest BCUT2D eigenvalue weighted by molar-refractivity contribution is -0.140. The summed E-state index contributed by atoms with van der Waals surface area (Å²) in [7, 11) is 0. The fourth-order valence-electron chi connectivity index (χ4n) is 1.43. The lowest BCUT2D eigenvalue weighted by atomic mass is 10.1. The van der Waals surface area contributed by atoms with Gasteiger partial charge in [0.2, 0.25) is 0 Å². The maximum atomic E-state index is 5.60. The van der Waals surface area contributed by atoms with Crippen molar-refractivity contribution < 1.29 is 9.47 Å². The normalized spacial score (nSPS) is 25.1. The van der Waals surface area contributed by atoms with E-state index >= 15 is 0 Å². The Hall–Kier alpha value is -1.48. The number of hydrogen-bond donors (Lipinski definition) is 1. The highest BCUT2D eigenvalue weighted by molar-refractivity contribution is 5.22. The third-order valence-electron chi connectivity index (χ3n) is 2.24. The van der Waals surface area contributed by atoms with Crippen LogP contribution in [0.4, 0.5) is 0 Å². The van der Waals surface area contributed by atoms with Gasteiger partial charge in [0, 0.05) is 12.5 Å². The first kappa shape index (κ1) is 9.09. The van der Waals surface area contributed by atoms with Crippen molar-refractivity contribution in [3.63, 3.8) is 0 Å². The van der Waals surface area contributed by atoms with E-state index in [0.717, 1.165) is 5.56 Å². The zero-order valence-corrected chi connectivity index (χ0v) is 8.07. The van der Waals surface area contributed by atoms with Crippen molar-refractivity contribution in [3.8, 4) is 0 Å². The maximum absolute atomic E-state index is 5.60. The molecule has 2 N–H and O–H groups in total. The average Bonchev–Trinajstić information content (AvgIpc) is 2.63. The molecule has 0 aromatic heterocycles. The third-order valence-corrected chi connectivity index (χ3v) is 2.24. The molecule has 0 spiro atoms. The number of nitrogens with two attached hydrogens (primary N) is 1. The lowest BCUT2D eigenvalue weighted by Crippen LogP contribution is -2.23. The van der Waals surface area contributed by atoms with E-state index in [0.29, 0.717) is 12.3 Å². The lowest BCUT2D eigenvalue weighted by Gasteiger charge is -2.24. The van der Waals surface area contributed by atoms with Crippen LogP contribution in [0.2, 0.25) is 0 Å². The number of rotatable bonds is 2. The molecular weight excluding hydrogens is 178 g/mol. The van der Waals surface area contributed by atoms with Gasteiger partial charge in [-0.1, -0.05) is 30.3 Å². The first-order chi connectivity index (χ1) is 6.74. The van der Waals surface area contributed by atoms with Crippen LogP contribution >= 0.6 is 0 Å². The molecule has 3 nitrogen and oxygen atoms in total. The summed E-state index contributed by atoms with van der Waals surface area (Å²) in [5, 5.41) is 0. The summed E-state index contributed by atoms with van der Waals surface area (Å²) in [4.78, 5) is 0. The molecule has 1 aromatic carbocycles. The molecule has 0 aliphatic carbocycles. The average molecular weight is 191 g/mol. The SMILES string of the molecule is CC1(c2ccccc2)OC=C(CN)O1. The zero-order chi connectivity index (χ0) is 10.0. The topological polar surface area (TPSA) is 44.5 Å². The summed E-state index contributed by atoms with van der Waals surface area (Å²) >= 11 is 0. The van der Waals surface area contributed by atoms with Gasteiger partial charge < -0.3 is 15.2 Å². The molecular formula is C11H13NO2. The van der Waals surface area contributed by atoms with Gasteiger partial charge in [-0.2, -0.15) is 0 Å². The molecule has 1 unspecified atom stereocenters. The van der Waals surface area contributed by atoms with Gasteiger partial charge in [0.15, 0.2) is 0 Å². The quantitative estimate of drug-likeness (QED) is 0.773. The van der Waals surface area contributed by atoms with Gasteiger partial charge in [-0.25, -0.2) is 0 Å². The first-order valence-corrected chi connectivity index (χ1v) is 4.56. The first-order valence-electron chi connectivity index (χ1n) is 4.56. The van der Waals surface area contributed by atoms with Crippen molar-refractivity contribution in [1.82, 2.24) is 0 Å². The summed E-state index contributed by atoms with van der Waals surface area (Å²) in [6.07, 6.45) is 1.58. The van der Waals surface area contributed by atoms with Crippen LogP contribution in [0, 0.1) is 0 Å². The summed E-state index contributed by atoms with van der Waals surface area (Å²) in [5.41, 5.74) is 6.45. The van der Waals surface area contributed by atoms with Gasteiger partial charge in [-0.3, -0.25) is 0 Å².